The normalized spacial score (nSPS) is 20.7. The largest absolute Gasteiger partial charge is 0.497 e. The van der Waals surface area contributed by atoms with E-state index in [0.29, 0.717) is 50.6 Å². The van der Waals surface area contributed by atoms with Crippen LogP contribution in [0.4, 0.5) is 5.95 Å². The van der Waals surface area contributed by atoms with E-state index in [1.807, 2.05) is 59.2 Å². The molecule has 5 rings (SSSR count). The van der Waals surface area contributed by atoms with Gasteiger partial charge in [0.25, 0.3) is 0 Å². The molecule has 0 amide bonds. The van der Waals surface area contributed by atoms with Gasteiger partial charge in [0.1, 0.15) is 12.4 Å². The number of aliphatic hydroxyl groups is 1. The number of imidazole rings is 1. The highest BCUT2D eigenvalue weighted by Gasteiger charge is 2.45. The van der Waals surface area contributed by atoms with Gasteiger partial charge in [-0.2, -0.15) is 9.97 Å². The fraction of sp³-hybridized carbons (Fsp3) is 0.414. The molecule has 1 aliphatic rings. The van der Waals surface area contributed by atoms with Gasteiger partial charge in [-0.3, -0.25) is 0 Å². The number of nitrogens with zero attached hydrogens (tertiary/aromatic N) is 4. The molecule has 3 N–H and O–H groups in total. The third-order valence-electron chi connectivity index (χ3n) is 7.12. The summed E-state index contributed by atoms with van der Waals surface area (Å²) in [6.07, 6.45) is 1.13. The average Bonchev–Trinajstić information content (AvgIpc) is 3.53. The molecule has 1 fully saturated rings. The van der Waals surface area contributed by atoms with Gasteiger partial charge in [0.15, 0.2) is 11.2 Å². The third-order valence-corrected chi connectivity index (χ3v) is 7.12. The molecule has 0 bridgehead atoms. The second-order valence-corrected chi connectivity index (χ2v) is 9.71. The van der Waals surface area contributed by atoms with Crippen LogP contribution in [0, 0.1) is 5.92 Å². The smallest absolute Gasteiger partial charge is 0.247 e. The van der Waals surface area contributed by atoms with Gasteiger partial charge in [-0.25, -0.2) is 4.98 Å². The Labute approximate surface area is 232 Å². The molecule has 40 heavy (non-hydrogen) atoms. The van der Waals surface area contributed by atoms with Crippen molar-refractivity contribution in [2.75, 3.05) is 39.8 Å². The SMILES string of the molecule is COCCOc1nc(N)nc2c1ncn2[C@H]1CC(OCc2ccc(OC)cc2)C(COCc2ccccc2)C1O. The summed E-state index contributed by atoms with van der Waals surface area (Å²) in [5, 5.41) is 11.6. The molecule has 2 aromatic carbocycles. The Kier molecular flexibility index (Phi) is 9.07. The summed E-state index contributed by atoms with van der Waals surface area (Å²) in [5.74, 6) is 0.845. The number of aromatic nitrogens is 4. The van der Waals surface area contributed by atoms with E-state index in [2.05, 4.69) is 15.0 Å². The van der Waals surface area contributed by atoms with Crippen molar-refractivity contribution in [1.29, 1.82) is 0 Å². The first kappa shape index (κ1) is 27.8. The molecule has 2 aromatic heterocycles. The number of hydrogen-bond donors (Lipinski definition) is 2. The van der Waals surface area contributed by atoms with Gasteiger partial charge in [0, 0.05) is 13.0 Å². The van der Waals surface area contributed by atoms with Crippen LogP contribution in [-0.4, -0.2) is 70.9 Å². The fourth-order valence-corrected chi connectivity index (χ4v) is 5.02. The Balaban J connectivity index is 1.36. The summed E-state index contributed by atoms with van der Waals surface area (Å²) in [4.78, 5) is 13.1. The first-order valence-corrected chi connectivity index (χ1v) is 13.2. The number of ether oxygens (including phenoxy) is 5. The summed E-state index contributed by atoms with van der Waals surface area (Å²) < 4.78 is 30.4. The molecule has 0 spiro atoms. The van der Waals surface area contributed by atoms with Gasteiger partial charge in [-0.05, 0) is 29.7 Å². The quantitative estimate of drug-likeness (QED) is 0.239. The highest BCUT2D eigenvalue weighted by Crippen LogP contribution is 2.40. The van der Waals surface area contributed by atoms with Crippen molar-refractivity contribution in [3.05, 3.63) is 72.1 Å². The zero-order valence-corrected chi connectivity index (χ0v) is 22.7. The fourth-order valence-electron chi connectivity index (χ4n) is 5.02. The highest BCUT2D eigenvalue weighted by atomic mass is 16.5. The van der Waals surface area contributed by atoms with Crippen LogP contribution in [0.25, 0.3) is 11.2 Å². The lowest BCUT2D eigenvalue weighted by molar-refractivity contribution is -0.0475. The van der Waals surface area contributed by atoms with Crippen molar-refractivity contribution >= 4 is 17.1 Å². The number of nitrogen functional groups attached to an aromatic ring is 1. The van der Waals surface area contributed by atoms with Gasteiger partial charge in [0.05, 0.1) is 58.1 Å². The number of aliphatic hydroxyl groups excluding tert-OH is 1. The van der Waals surface area contributed by atoms with E-state index in [9.17, 15) is 5.11 Å². The predicted octanol–water partition coefficient (Wildman–Crippen LogP) is 3.17. The van der Waals surface area contributed by atoms with Crippen LogP contribution in [0.3, 0.4) is 0 Å². The van der Waals surface area contributed by atoms with E-state index in [4.69, 9.17) is 29.4 Å². The zero-order valence-electron chi connectivity index (χ0n) is 22.7. The molecule has 0 saturated heterocycles. The lowest BCUT2D eigenvalue weighted by Gasteiger charge is -2.23. The molecular formula is C29H35N5O6. The summed E-state index contributed by atoms with van der Waals surface area (Å²) in [6.45, 7) is 1.85. The second-order valence-electron chi connectivity index (χ2n) is 9.71. The summed E-state index contributed by atoms with van der Waals surface area (Å²) in [7, 11) is 3.23. The molecule has 0 aliphatic heterocycles. The van der Waals surface area contributed by atoms with E-state index in [1.165, 1.54) is 0 Å². The summed E-state index contributed by atoms with van der Waals surface area (Å²) in [6, 6.07) is 17.3. The van der Waals surface area contributed by atoms with Crippen molar-refractivity contribution in [2.24, 2.45) is 5.92 Å². The minimum Gasteiger partial charge on any atom is -0.497 e. The van der Waals surface area contributed by atoms with Crippen LogP contribution < -0.4 is 15.2 Å². The Hall–Kier alpha value is -3.77. The maximum atomic E-state index is 11.6. The Morgan fingerprint density at radius 1 is 0.975 bits per heavy atom. The van der Waals surface area contributed by atoms with Crippen LogP contribution >= 0.6 is 0 Å². The topological polar surface area (TPSA) is 136 Å². The summed E-state index contributed by atoms with van der Waals surface area (Å²) in [5.41, 5.74) is 9.04. The number of rotatable bonds is 13. The van der Waals surface area contributed by atoms with E-state index in [0.717, 1.165) is 16.9 Å². The molecule has 4 aromatic rings. The van der Waals surface area contributed by atoms with Crippen molar-refractivity contribution in [3.8, 4) is 11.6 Å². The standard InChI is InChI=1S/C29H35N5O6/c1-36-12-13-39-28-25-27(32-29(30)33-28)34(18-31-25)23-14-24(40-16-20-8-10-21(37-2)11-9-20)22(26(23)35)17-38-15-19-6-4-3-5-7-19/h3-11,18,22-24,26,35H,12-17H2,1-2H3,(H2,30,32,33)/t22?,23-,24?,26?/m0/s1. The van der Waals surface area contributed by atoms with Crippen molar-refractivity contribution in [3.63, 3.8) is 0 Å². The predicted molar refractivity (Wildman–Crippen MR) is 148 cm³/mol. The van der Waals surface area contributed by atoms with Crippen LogP contribution in [0.5, 0.6) is 11.6 Å². The minimum atomic E-state index is -0.775. The zero-order chi connectivity index (χ0) is 27.9. The maximum absolute atomic E-state index is 11.6. The highest BCUT2D eigenvalue weighted by molar-refractivity contribution is 5.77. The van der Waals surface area contributed by atoms with Gasteiger partial charge in [0.2, 0.25) is 11.8 Å². The first-order chi connectivity index (χ1) is 19.6. The number of fused-ring (bicyclic) bond motifs is 1. The van der Waals surface area contributed by atoms with Crippen molar-refractivity contribution in [2.45, 2.75) is 37.9 Å². The molecular weight excluding hydrogens is 514 g/mol. The Morgan fingerprint density at radius 3 is 2.50 bits per heavy atom. The lowest BCUT2D eigenvalue weighted by Crippen LogP contribution is -2.31. The molecule has 1 saturated carbocycles. The van der Waals surface area contributed by atoms with E-state index >= 15 is 0 Å². The third kappa shape index (κ3) is 6.34. The van der Waals surface area contributed by atoms with Gasteiger partial charge in [-0.1, -0.05) is 42.5 Å². The van der Waals surface area contributed by atoms with Gasteiger partial charge < -0.3 is 39.1 Å². The van der Waals surface area contributed by atoms with Gasteiger partial charge in [-0.15, -0.1) is 0 Å². The second kappa shape index (κ2) is 13.1. The molecule has 0 radical (unpaired) electrons. The van der Waals surface area contributed by atoms with Crippen LogP contribution in [0.2, 0.25) is 0 Å². The van der Waals surface area contributed by atoms with Gasteiger partial charge >= 0.3 is 0 Å². The van der Waals surface area contributed by atoms with Crippen molar-refractivity contribution < 1.29 is 28.8 Å². The van der Waals surface area contributed by atoms with E-state index in [-0.39, 0.29) is 29.9 Å². The molecule has 3 unspecified atom stereocenters. The molecule has 2 heterocycles. The Morgan fingerprint density at radius 2 is 1.75 bits per heavy atom. The maximum Gasteiger partial charge on any atom is 0.247 e. The number of methoxy groups -OCH3 is 2. The molecule has 11 heteroatoms. The monoisotopic (exact) mass is 549 g/mol. The molecule has 11 nitrogen and oxygen atoms in total. The first-order valence-electron chi connectivity index (χ1n) is 13.2. The molecule has 1 aliphatic carbocycles. The summed E-state index contributed by atoms with van der Waals surface area (Å²) >= 11 is 0. The molecule has 4 atom stereocenters. The van der Waals surface area contributed by atoms with Crippen LogP contribution in [-0.2, 0) is 27.4 Å². The minimum absolute atomic E-state index is 0.0594. The van der Waals surface area contributed by atoms with Crippen LogP contribution in [0.15, 0.2) is 60.9 Å². The Bertz CT molecular complexity index is 1370. The average molecular weight is 550 g/mol. The van der Waals surface area contributed by atoms with E-state index < -0.39 is 6.10 Å². The lowest BCUT2D eigenvalue weighted by atomic mass is 10.0. The van der Waals surface area contributed by atoms with E-state index in [1.54, 1.807) is 20.5 Å². The number of benzene rings is 2. The van der Waals surface area contributed by atoms with Crippen molar-refractivity contribution in [1.82, 2.24) is 19.5 Å². The molecule has 212 valence electrons. The van der Waals surface area contributed by atoms with Crippen LogP contribution in [0.1, 0.15) is 23.6 Å². The number of anilines is 1. The number of hydrogen-bond acceptors (Lipinski definition) is 10. The number of nitrogens with two attached hydrogens (primary N) is 1.